The molecular formula is C16H14FN5O. The van der Waals surface area contributed by atoms with Crippen molar-refractivity contribution in [1.82, 2.24) is 14.8 Å². The molecule has 2 amide bonds. The van der Waals surface area contributed by atoms with Gasteiger partial charge in [-0.05, 0) is 42.0 Å². The number of carbonyl (C=O) groups is 1. The molecule has 0 bridgehead atoms. The number of urea groups is 1. The second-order valence-corrected chi connectivity index (χ2v) is 4.88. The molecule has 0 spiro atoms. The zero-order valence-electron chi connectivity index (χ0n) is 12.1. The van der Waals surface area contributed by atoms with Gasteiger partial charge in [0.1, 0.15) is 18.5 Å². The van der Waals surface area contributed by atoms with Gasteiger partial charge in [-0.15, -0.1) is 0 Å². The Kier molecular flexibility index (Phi) is 4.28. The van der Waals surface area contributed by atoms with Gasteiger partial charge in [-0.2, -0.15) is 5.10 Å². The maximum atomic E-state index is 12.8. The third-order valence-corrected chi connectivity index (χ3v) is 3.10. The highest BCUT2D eigenvalue weighted by atomic mass is 19.1. The summed E-state index contributed by atoms with van der Waals surface area (Å²) in [5.41, 5.74) is 2.15. The minimum atomic E-state index is -0.394. The lowest BCUT2D eigenvalue weighted by Gasteiger charge is -2.09. The third-order valence-electron chi connectivity index (χ3n) is 3.10. The summed E-state index contributed by atoms with van der Waals surface area (Å²) in [5, 5.41) is 9.41. The fraction of sp³-hybridized carbons (Fsp3) is 0.0625. The van der Waals surface area contributed by atoms with E-state index in [-0.39, 0.29) is 5.82 Å². The number of nitrogens with one attached hydrogen (secondary N) is 2. The van der Waals surface area contributed by atoms with E-state index in [9.17, 15) is 9.18 Å². The van der Waals surface area contributed by atoms with Crippen molar-refractivity contribution in [2.45, 2.75) is 6.54 Å². The summed E-state index contributed by atoms with van der Waals surface area (Å²) < 4.78 is 14.5. The molecule has 0 fully saturated rings. The first-order valence-corrected chi connectivity index (χ1v) is 6.94. The second kappa shape index (κ2) is 6.69. The fourth-order valence-corrected chi connectivity index (χ4v) is 2.08. The molecule has 0 unspecified atom stereocenters. The Bertz CT molecular complexity index is 786. The molecule has 0 saturated heterocycles. The summed E-state index contributed by atoms with van der Waals surface area (Å²) in [5.74, 6) is -0.350. The quantitative estimate of drug-likeness (QED) is 0.777. The lowest BCUT2D eigenvalue weighted by Crippen LogP contribution is -2.19. The van der Waals surface area contributed by atoms with Crippen molar-refractivity contribution < 1.29 is 9.18 Å². The molecule has 0 aliphatic carbocycles. The Morgan fingerprint density at radius 3 is 2.61 bits per heavy atom. The zero-order chi connectivity index (χ0) is 16.1. The van der Waals surface area contributed by atoms with Gasteiger partial charge >= 0.3 is 6.03 Å². The molecule has 0 atom stereocenters. The number of halogens is 1. The van der Waals surface area contributed by atoms with Crippen molar-refractivity contribution in [3.05, 3.63) is 72.6 Å². The van der Waals surface area contributed by atoms with E-state index in [2.05, 4.69) is 20.7 Å². The summed E-state index contributed by atoms with van der Waals surface area (Å²) in [4.78, 5) is 15.8. The predicted octanol–water partition coefficient (Wildman–Crippen LogP) is 3.11. The minimum absolute atomic E-state index is 0.350. The molecular weight excluding hydrogens is 297 g/mol. The van der Waals surface area contributed by atoms with E-state index >= 15 is 0 Å². The van der Waals surface area contributed by atoms with Gasteiger partial charge < -0.3 is 10.6 Å². The van der Waals surface area contributed by atoms with E-state index < -0.39 is 6.03 Å². The van der Waals surface area contributed by atoms with E-state index in [0.29, 0.717) is 17.9 Å². The minimum Gasteiger partial charge on any atom is -0.308 e. The largest absolute Gasteiger partial charge is 0.323 e. The molecule has 23 heavy (non-hydrogen) atoms. The maximum absolute atomic E-state index is 12.8. The van der Waals surface area contributed by atoms with Gasteiger partial charge in [-0.25, -0.2) is 18.9 Å². The standard InChI is InChI=1S/C16H14FN5O/c17-13-4-6-14(7-5-13)20-16(23)21-15-3-1-2-12(8-15)9-22-11-18-10-19-22/h1-8,10-11H,9H2,(H2,20,21,23). The second-order valence-electron chi connectivity index (χ2n) is 4.88. The predicted molar refractivity (Wildman–Crippen MR) is 84.6 cm³/mol. The van der Waals surface area contributed by atoms with Crippen molar-refractivity contribution in [3.63, 3.8) is 0 Å². The summed E-state index contributed by atoms with van der Waals surface area (Å²) in [7, 11) is 0. The summed E-state index contributed by atoms with van der Waals surface area (Å²) in [6.45, 7) is 0.565. The van der Waals surface area contributed by atoms with Crippen LogP contribution in [0.5, 0.6) is 0 Å². The normalized spacial score (nSPS) is 10.3. The van der Waals surface area contributed by atoms with Crippen molar-refractivity contribution in [3.8, 4) is 0 Å². The van der Waals surface area contributed by atoms with Gasteiger partial charge in [-0.3, -0.25) is 0 Å². The average molecular weight is 311 g/mol. The molecule has 1 heterocycles. The molecule has 6 nitrogen and oxygen atoms in total. The summed E-state index contributed by atoms with van der Waals surface area (Å²) in [6.07, 6.45) is 3.10. The van der Waals surface area contributed by atoms with Gasteiger partial charge in [0.25, 0.3) is 0 Å². The highest BCUT2D eigenvalue weighted by Gasteiger charge is 2.04. The molecule has 0 aliphatic rings. The molecule has 0 radical (unpaired) electrons. The topological polar surface area (TPSA) is 71.8 Å². The van der Waals surface area contributed by atoms with E-state index in [0.717, 1.165) is 5.56 Å². The molecule has 1 aromatic heterocycles. The number of rotatable bonds is 4. The lowest BCUT2D eigenvalue weighted by atomic mass is 10.2. The number of amides is 2. The van der Waals surface area contributed by atoms with Crippen molar-refractivity contribution in [1.29, 1.82) is 0 Å². The van der Waals surface area contributed by atoms with Crippen LogP contribution in [-0.4, -0.2) is 20.8 Å². The number of nitrogens with zero attached hydrogens (tertiary/aromatic N) is 3. The van der Waals surface area contributed by atoms with Gasteiger partial charge in [0.05, 0.1) is 6.54 Å². The number of anilines is 2. The molecule has 3 aromatic rings. The van der Waals surface area contributed by atoms with Crippen LogP contribution in [0.3, 0.4) is 0 Å². The summed E-state index contributed by atoms with van der Waals surface area (Å²) >= 11 is 0. The molecule has 0 aliphatic heterocycles. The van der Waals surface area contributed by atoms with E-state index in [1.807, 2.05) is 18.2 Å². The lowest BCUT2D eigenvalue weighted by molar-refractivity contribution is 0.262. The Balaban J connectivity index is 1.63. The number of hydrogen-bond donors (Lipinski definition) is 2. The highest BCUT2D eigenvalue weighted by Crippen LogP contribution is 2.13. The highest BCUT2D eigenvalue weighted by molar-refractivity contribution is 5.99. The molecule has 116 valence electrons. The Morgan fingerprint density at radius 1 is 1.09 bits per heavy atom. The first-order valence-electron chi connectivity index (χ1n) is 6.94. The molecule has 3 rings (SSSR count). The molecule has 0 saturated carbocycles. The monoisotopic (exact) mass is 311 g/mol. The molecule has 2 N–H and O–H groups in total. The van der Waals surface area contributed by atoms with Crippen LogP contribution in [0.25, 0.3) is 0 Å². The zero-order valence-corrected chi connectivity index (χ0v) is 12.1. The van der Waals surface area contributed by atoms with Crippen LogP contribution in [0.15, 0.2) is 61.2 Å². The third kappa shape index (κ3) is 4.13. The number of benzene rings is 2. The van der Waals surface area contributed by atoms with Crippen LogP contribution in [-0.2, 0) is 6.54 Å². The molecule has 7 heteroatoms. The Labute approximate surface area is 132 Å². The maximum Gasteiger partial charge on any atom is 0.323 e. The SMILES string of the molecule is O=C(Nc1ccc(F)cc1)Nc1cccc(Cn2cncn2)c1. The van der Waals surface area contributed by atoms with Gasteiger partial charge in [0.15, 0.2) is 0 Å². The summed E-state index contributed by atoms with van der Waals surface area (Å²) in [6, 6.07) is 12.6. The first-order chi connectivity index (χ1) is 11.2. The number of carbonyl (C=O) groups excluding carboxylic acids is 1. The van der Waals surface area contributed by atoms with Crippen LogP contribution in [0.2, 0.25) is 0 Å². The van der Waals surface area contributed by atoms with E-state index in [1.54, 1.807) is 17.1 Å². The Hall–Kier alpha value is -3.22. The number of aromatic nitrogens is 3. The number of hydrogen-bond acceptors (Lipinski definition) is 3. The van der Waals surface area contributed by atoms with Crippen molar-refractivity contribution in [2.24, 2.45) is 0 Å². The molecule has 2 aromatic carbocycles. The van der Waals surface area contributed by atoms with Gasteiger partial charge in [0.2, 0.25) is 0 Å². The van der Waals surface area contributed by atoms with Crippen molar-refractivity contribution in [2.75, 3.05) is 10.6 Å². The van der Waals surface area contributed by atoms with Gasteiger partial charge in [-0.1, -0.05) is 12.1 Å². The van der Waals surface area contributed by atoms with E-state index in [1.165, 1.54) is 30.6 Å². The fourth-order valence-electron chi connectivity index (χ4n) is 2.08. The van der Waals surface area contributed by atoms with Gasteiger partial charge in [0, 0.05) is 11.4 Å². The van der Waals surface area contributed by atoms with Crippen LogP contribution < -0.4 is 10.6 Å². The van der Waals surface area contributed by atoms with Crippen LogP contribution >= 0.6 is 0 Å². The van der Waals surface area contributed by atoms with Crippen LogP contribution in [0, 0.1) is 5.82 Å². The van der Waals surface area contributed by atoms with Crippen LogP contribution in [0.1, 0.15) is 5.56 Å². The first kappa shape index (κ1) is 14.7. The van der Waals surface area contributed by atoms with E-state index in [4.69, 9.17) is 0 Å². The van der Waals surface area contributed by atoms with Crippen molar-refractivity contribution >= 4 is 17.4 Å². The smallest absolute Gasteiger partial charge is 0.308 e. The Morgan fingerprint density at radius 2 is 1.87 bits per heavy atom. The average Bonchev–Trinajstić information content (AvgIpc) is 3.03. The van der Waals surface area contributed by atoms with Crippen LogP contribution in [0.4, 0.5) is 20.6 Å².